The fourth-order valence-electron chi connectivity index (χ4n) is 4.71. The summed E-state index contributed by atoms with van der Waals surface area (Å²) in [7, 11) is 0. The molecule has 4 nitrogen and oxygen atoms in total. The fourth-order valence-corrected chi connectivity index (χ4v) is 4.71. The van der Waals surface area contributed by atoms with E-state index in [0.29, 0.717) is 6.04 Å². The maximum Gasteiger partial charge on any atom is 0.228 e. The van der Waals surface area contributed by atoms with Gasteiger partial charge in [0.1, 0.15) is 0 Å². The van der Waals surface area contributed by atoms with Gasteiger partial charge in [0.25, 0.3) is 0 Å². The van der Waals surface area contributed by atoms with Gasteiger partial charge in [-0.2, -0.15) is 0 Å². The lowest BCUT2D eigenvalue weighted by atomic mass is 9.79. The number of hydrogen-bond donors (Lipinski definition) is 2. The normalized spacial score (nSPS) is 22.8. The molecule has 0 unspecified atom stereocenters. The average molecular weight is 364 g/mol. The van der Waals surface area contributed by atoms with Crippen LogP contribution in [0.2, 0.25) is 0 Å². The minimum atomic E-state index is -0.119. The van der Waals surface area contributed by atoms with Crippen LogP contribution in [0.1, 0.15) is 37.8 Å². The quantitative estimate of drug-likeness (QED) is 0.765. The number of aromatic amines is 1. The molecule has 0 spiro atoms. The number of amides is 1. The highest BCUT2D eigenvalue weighted by Gasteiger charge is 2.36. The molecule has 0 saturated heterocycles. The Hall–Kier alpha value is -2.33. The number of benzene rings is 1. The molecular formula is C23H29N3O. The van der Waals surface area contributed by atoms with Crippen LogP contribution in [0.5, 0.6) is 0 Å². The van der Waals surface area contributed by atoms with Gasteiger partial charge >= 0.3 is 0 Å². The van der Waals surface area contributed by atoms with Crippen LogP contribution in [0.25, 0.3) is 16.5 Å². The van der Waals surface area contributed by atoms with Gasteiger partial charge in [0.05, 0.1) is 5.92 Å². The molecule has 2 aliphatic rings. The Labute approximate surface area is 161 Å². The van der Waals surface area contributed by atoms with Crippen molar-refractivity contribution in [2.24, 2.45) is 5.92 Å². The number of rotatable bonds is 6. The van der Waals surface area contributed by atoms with Gasteiger partial charge in [-0.15, -0.1) is 6.58 Å². The predicted molar refractivity (Wildman–Crippen MR) is 112 cm³/mol. The van der Waals surface area contributed by atoms with Gasteiger partial charge in [-0.3, -0.25) is 9.69 Å². The van der Waals surface area contributed by atoms with E-state index in [4.69, 9.17) is 0 Å². The van der Waals surface area contributed by atoms with E-state index in [-0.39, 0.29) is 17.9 Å². The standard InChI is InChI=1S/C23H29N3O/c1-4-7-15(3)25-23(27)17-11-19-18-8-6-9-20-22(18)16(13-24-20)12-21(19)26(14-17)10-5-2/h5-6,8-9,11,13,15,17,21,24H,2,4,7,10,12,14H2,1,3H3,(H,25,27)/t15-,17-,21-/m1/s1. The molecule has 0 bridgehead atoms. The van der Waals surface area contributed by atoms with Crippen LogP contribution >= 0.6 is 0 Å². The monoisotopic (exact) mass is 363 g/mol. The molecule has 4 heteroatoms. The van der Waals surface area contributed by atoms with Crippen molar-refractivity contribution < 1.29 is 4.79 Å². The summed E-state index contributed by atoms with van der Waals surface area (Å²) >= 11 is 0. The molecule has 0 saturated carbocycles. The summed E-state index contributed by atoms with van der Waals surface area (Å²) in [6, 6.07) is 6.96. The second kappa shape index (κ2) is 7.35. The number of nitrogens with zero attached hydrogens (tertiary/aromatic N) is 1. The first-order chi connectivity index (χ1) is 13.1. The number of carbonyl (C=O) groups excluding carboxylic acids is 1. The number of fused-ring (bicyclic) bond motifs is 2. The highest BCUT2D eigenvalue weighted by Crippen LogP contribution is 2.41. The molecular weight excluding hydrogens is 334 g/mol. The highest BCUT2D eigenvalue weighted by molar-refractivity contribution is 5.99. The Morgan fingerprint density at radius 1 is 1.48 bits per heavy atom. The Balaban J connectivity index is 1.71. The predicted octanol–water partition coefficient (Wildman–Crippen LogP) is 3.90. The van der Waals surface area contributed by atoms with Crippen molar-refractivity contribution in [2.75, 3.05) is 13.1 Å². The van der Waals surface area contributed by atoms with E-state index in [2.05, 4.69) is 66.1 Å². The summed E-state index contributed by atoms with van der Waals surface area (Å²) in [5.41, 5.74) is 5.12. The number of H-pyrrole nitrogens is 1. The Morgan fingerprint density at radius 2 is 2.33 bits per heavy atom. The largest absolute Gasteiger partial charge is 0.361 e. The molecule has 4 rings (SSSR count). The minimum absolute atomic E-state index is 0.119. The zero-order valence-corrected chi connectivity index (χ0v) is 16.3. The van der Waals surface area contributed by atoms with Crippen molar-refractivity contribution in [2.45, 2.75) is 45.2 Å². The first-order valence-corrected chi connectivity index (χ1v) is 10.1. The van der Waals surface area contributed by atoms with Crippen LogP contribution < -0.4 is 5.32 Å². The lowest BCUT2D eigenvalue weighted by Crippen LogP contribution is -2.49. The minimum Gasteiger partial charge on any atom is -0.361 e. The molecule has 1 aromatic heterocycles. The zero-order chi connectivity index (χ0) is 19.0. The summed E-state index contributed by atoms with van der Waals surface area (Å²) < 4.78 is 0. The molecule has 2 N–H and O–H groups in total. The maximum absolute atomic E-state index is 12.9. The molecule has 1 aliphatic carbocycles. The summed E-state index contributed by atoms with van der Waals surface area (Å²) in [6.07, 6.45) is 9.39. The third-order valence-electron chi connectivity index (χ3n) is 5.93. The smallest absolute Gasteiger partial charge is 0.228 e. The average Bonchev–Trinajstić information content (AvgIpc) is 3.07. The van der Waals surface area contributed by atoms with Crippen molar-refractivity contribution in [1.29, 1.82) is 0 Å². The molecule has 1 amide bonds. The molecule has 2 aromatic rings. The topological polar surface area (TPSA) is 48.1 Å². The third kappa shape index (κ3) is 3.23. The number of hydrogen-bond acceptors (Lipinski definition) is 2. The van der Waals surface area contributed by atoms with Crippen molar-refractivity contribution in [1.82, 2.24) is 15.2 Å². The first kappa shape index (κ1) is 18.1. The third-order valence-corrected chi connectivity index (χ3v) is 5.93. The van der Waals surface area contributed by atoms with Crippen molar-refractivity contribution >= 4 is 22.4 Å². The van der Waals surface area contributed by atoms with E-state index in [1.54, 1.807) is 0 Å². The molecule has 1 aliphatic heterocycles. The van der Waals surface area contributed by atoms with Crippen molar-refractivity contribution in [3.8, 4) is 0 Å². The molecule has 27 heavy (non-hydrogen) atoms. The van der Waals surface area contributed by atoms with Gasteiger partial charge in [0, 0.05) is 42.3 Å². The molecule has 1 aromatic carbocycles. The lowest BCUT2D eigenvalue weighted by Gasteiger charge is -2.41. The summed E-state index contributed by atoms with van der Waals surface area (Å²) in [5.74, 6) is 0.0225. The fraction of sp³-hybridized carbons (Fsp3) is 0.435. The Morgan fingerprint density at radius 3 is 3.11 bits per heavy atom. The summed E-state index contributed by atoms with van der Waals surface area (Å²) in [5, 5.41) is 4.52. The van der Waals surface area contributed by atoms with Crippen LogP contribution in [-0.2, 0) is 11.2 Å². The van der Waals surface area contributed by atoms with E-state index in [9.17, 15) is 4.79 Å². The van der Waals surface area contributed by atoms with Gasteiger partial charge in [0.2, 0.25) is 5.91 Å². The zero-order valence-electron chi connectivity index (χ0n) is 16.3. The highest BCUT2D eigenvalue weighted by atomic mass is 16.2. The molecule has 0 fully saturated rings. The van der Waals surface area contributed by atoms with Crippen LogP contribution in [0.4, 0.5) is 0 Å². The number of aromatic nitrogens is 1. The maximum atomic E-state index is 12.9. The van der Waals surface area contributed by atoms with Crippen molar-refractivity contribution in [3.05, 3.63) is 54.3 Å². The number of nitrogens with one attached hydrogen (secondary N) is 2. The number of carbonyl (C=O) groups is 1. The van der Waals surface area contributed by atoms with E-state index in [0.717, 1.165) is 32.4 Å². The second-order valence-corrected chi connectivity index (χ2v) is 7.93. The second-order valence-electron chi connectivity index (χ2n) is 7.93. The van der Waals surface area contributed by atoms with Crippen LogP contribution in [-0.4, -0.2) is 41.0 Å². The molecule has 142 valence electrons. The molecule has 3 atom stereocenters. The summed E-state index contributed by atoms with van der Waals surface area (Å²) in [6.45, 7) is 9.73. The first-order valence-electron chi connectivity index (χ1n) is 10.1. The van der Waals surface area contributed by atoms with E-state index < -0.39 is 0 Å². The molecule has 2 heterocycles. The Kier molecular flexibility index (Phi) is 4.92. The van der Waals surface area contributed by atoms with Gasteiger partial charge in [0.15, 0.2) is 0 Å². The van der Waals surface area contributed by atoms with Gasteiger partial charge < -0.3 is 10.3 Å². The van der Waals surface area contributed by atoms with Crippen LogP contribution in [0.3, 0.4) is 0 Å². The summed E-state index contributed by atoms with van der Waals surface area (Å²) in [4.78, 5) is 18.7. The Bertz CT molecular complexity index is 894. The van der Waals surface area contributed by atoms with Gasteiger partial charge in [-0.05, 0) is 42.5 Å². The van der Waals surface area contributed by atoms with E-state index in [1.165, 1.54) is 27.6 Å². The van der Waals surface area contributed by atoms with E-state index >= 15 is 0 Å². The van der Waals surface area contributed by atoms with Crippen LogP contribution in [0, 0.1) is 5.92 Å². The van der Waals surface area contributed by atoms with Gasteiger partial charge in [-0.1, -0.05) is 37.6 Å². The van der Waals surface area contributed by atoms with E-state index in [1.807, 2.05) is 6.08 Å². The van der Waals surface area contributed by atoms with Gasteiger partial charge in [-0.25, -0.2) is 0 Å². The lowest BCUT2D eigenvalue weighted by molar-refractivity contribution is -0.125. The molecule has 0 radical (unpaired) electrons. The SMILES string of the molecule is C=CCN1C[C@H](C(=O)N[C@H](C)CCC)C=C2c3cccc4[nH]cc(c34)C[C@H]21. The van der Waals surface area contributed by atoms with Crippen molar-refractivity contribution in [3.63, 3.8) is 0 Å². The van der Waals surface area contributed by atoms with Crippen LogP contribution in [0.15, 0.2) is 43.1 Å².